The molecule has 0 amide bonds. The summed E-state index contributed by atoms with van der Waals surface area (Å²) < 4.78 is 4.22. The molecule has 4 aromatic heterocycles. The Labute approximate surface area is 197 Å². The zero-order valence-corrected chi connectivity index (χ0v) is 18.5. The van der Waals surface area contributed by atoms with E-state index in [0.717, 1.165) is 45.2 Å². The van der Waals surface area contributed by atoms with Crippen LogP contribution in [0.2, 0.25) is 0 Å². The van der Waals surface area contributed by atoms with Gasteiger partial charge in [0.1, 0.15) is 0 Å². The number of benzene rings is 2. The summed E-state index contributed by atoms with van der Waals surface area (Å²) in [5, 5.41) is 0. The Kier molecular flexibility index (Phi) is 5.09. The van der Waals surface area contributed by atoms with Gasteiger partial charge in [-0.3, -0.25) is 8.80 Å². The highest BCUT2D eigenvalue weighted by molar-refractivity contribution is 5.81. The molecule has 162 valence electrons. The summed E-state index contributed by atoms with van der Waals surface area (Å²) in [6.45, 7) is 0. The maximum Gasteiger partial charge on any atom is 0.182 e. The molecule has 4 nitrogen and oxygen atoms in total. The number of aromatic nitrogens is 4. The Balaban J connectivity index is 1.49. The fraction of sp³-hybridized carbons (Fsp3) is 0. The first-order chi connectivity index (χ1) is 16.9. The molecule has 0 radical (unpaired) electrons. The van der Waals surface area contributed by atoms with E-state index in [-0.39, 0.29) is 0 Å². The van der Waals surface area contributed by atoms with Gasteiger partial charge in [-0.05, 0) is 47.5 Å². The predicted molar refractivity (Wildman–Crippen MR) is 140 cm³/mol. The molecule has 0 aliphatic rings. The molecule has 6 aromatic rings. The summed E-state index contributed by atoms with van der Waals surface area (Å²) in [5.41, 5.74) is 6.18. The van der Waals surface area contributed by atoms with E-state index in [1.165, 1.54) is 0 Å². The molecule has 34 heavy (non-hydrogen) atoms. The molecule has 0 spiro atoms. The lowest BCUT2D eigenvalue weighted by molar-refractivity contribution is 1.07. The fourth-order valence-corrected chi connectivity index (χ4v) is 4.16. The first-order valence-corrected chi connectivity index (χ1v) is 11.3. The summed E-state index contributed by atoms with van der Waals surface area (Å²) in [4.78, 5) is 10.1. The number of hydrogen-bond donors (Lipinski definition) is 0. The molecular weight excluding hydrogens is 416 g/mol. The van der Waals surface area contributed by atoms with Crippen molar-refractivity contribution in [1.29, 1.82) is 0 Å². The quantitative estimate of drug-likeness (QED) is 0.291. The summed E-state index contributed by atoms with van der Waals surface area (Å²) in [5.74, 6) is 1.62. The van der Waals surface area contributed by atoms with Crippen LogP contribution in [0.1, 0.15) is 22.5 Å². The van der Waals surface area contributed by atoms with Gasteiger partial charge >= 0.3 is 0 Å². The molecule has 4 heterocycles. The smallest absolute Gasteiger partial charge is 0.182 e. The van der Waals surface area contributed by atoms with Crippen LogP contribution < -0.4 is 0 Å². The Morgan fingerprint density at radius 3 is 1.29 bits per heavy atom. The summed E-state index contributed by atoms with van der Waals surface area (Å²) >= 11 is 0. The number of hydrogen-bond acceptors (Lipinski definition) is 2. The Morgan fingerprint density at radius 1 is 0.441 bits per heavy atom. The van der Waals surface area contributed by atoms with Crippen molar-refractivity contribution in [3.63, 3.8) is 0 Å². The summed E-state index contributed by atoms with van der Waals surface area (Å²) in [6.07, 6.45) is 12.4. The molecule has 0 unspecified atom stereocenters. The Morgan fingerprint density at radius 2 is 0.853 bits per heavy atom. The molecule has 0 fully saturated rings. The second-order valence-corrected chi connectivity index (χ2v) is 8.04. The lowest BCUT2D eigenvalue weighted by atomic mass is 10.2. The van der Waals surface area contributed by atoms with E-state index in [1.54, 1.807) is 0 Å². The maximum absolute atomic E-state index is 5.03. The Bertz CT molecular complexity index is 1510. The van der Waals surface area contributed by atoms with Crippen molar-refractivity contribution in [2.45, 2.75) is 0 Å². The third kappa shape index (κ3) is 3.71. The molecule has 0 aliphatic carbocycles. The average molecular weight is 439 g/mol. The normalized spacial score (nSPS) is 11.9. The molecule has 0 N–H and O–H groups in total. The predicted octanol–water partition coefficient (Wildman–Crippen LogP) is 6.99. The van der Waals surface area contributed by atoms with Crippen molar-refractivity contribution in [3.05, 3.63) is 132 Å². The van der Waals surface area contributed by atoms with Crippen molar-refractivity contribution in [2.24, 2.45) is 0 Å². The van der Waals surface area contributed by atoms with E-state index in [4.69, 9.17) is 9.97 Å². The lowest BCUT2D eigenvalue weighted by Crippen LogP contribution is -1.94. The largest absolute Gasteiger partial charge is 0.297 e. The van der Waals surface area contributed by atoms with Crippen molar-refractivity contribution in [3.8, 4) is 11.6 Å². The van der Waals surface area contributed by atoms with E-state index >= 15 is 0 Å². The van der Waals surface area contributed by atoms with Gasteiger partial charge in [0.25, 0.3) is 0 Å². The van der Waals surface area contributed by atoms with Crippen molar-refractivity contribution in [2.75, 3.05) is 0 Å². The standard InChI is InChI=1S/C30H22N4/c1-3-11-23(12-4-1)17-19-25-27-15-7-9-21-33(27)29(31-25)30-32-26(28-16-8-10-22-34(28)30)20-18-24-13-5-2-6-14-24/h1-22H/b19-17+,20-18+. The van der Waals surface area contributed by atoms with Gasteiger partial charge in [-0.15, -0.1) is 0 Å². The van der Waals surface area contributed by atoms with Crippen LogP contribution in [0.3, 0.4) is 0 Å². The zero-order valence-electron chi connectivity index (χ0n) is 18.5. The van der Waals surface area contributed by atoms with Crippen LogP contribution in [0, 0.1) is 0 Å². The molecule has 0 saturated carbocycles. The van der Waals surface area contributed by atoms with E-state index in [2.05, 4.69) is 69.5 Å². The van der Waals surface area contributed by atoms with Crippen molar-refractivity contribution in [1.82, 2.24) is 18.8 Å². The van der Waals surface area contributed by atoms with E-state index in [1.807, 2.05) is 73.1 Å². The monoisotopic (exact) mass is 438 g/mol. The van der Waals surface area contributed by atoms with Gasteiger partial charge in [-0.1, -0.05) is 84.9 Å². The van der Waals surface area contributed by atoms with Gasteiger partial charge in [0.15, 0.2) is 11.6 Å². The lowest BCUT2D eigenvalue weighted by Gasteiger charge is -2.00. The van der Waals surface area contributed by atoms with Crippen molar-refractivity contribution >= 4 is 35.3 Å². The summed E-state index contributed by atoms with van der Waals surface area (Å²) in [6, 6.07) is 32.9. The Hall–Kier alpha value is -4.70. The molecule has 6 rings (SSSR count). The van der Waals surface area contributed by atoms with Crippen LogP contribution >= 0.6 is 0 Å². The van der Waals surface area contributed by atoms with Gasteiger partial charge in [0.2, 0.25) is 0 Å². The minimum atomic E-state index is 0.809. The second-order valence-electron chi connectivity index (χ2n) is 8.04. The topological polar surface area (TPSA) is 34.6 Å². The number of fused-ring (bicyclic) bond motifs is 2. The van der Waals surface area contributed by atoms with Gasteiger partial charge in [-0.2, -0.15) is 0 Å². The summed E-state index contributed by atoms with van der Waals surface area (Å²) in [7, 11) is 0. The third-order valence-electron chi connectivity index (χ3n) is 5.82. The fourth-order valence-electron chi connectivity index (χ4n) is 4.16. The van der Waals surface area contributed by atoms with E-state index < -0.39 is 0 Å². The highest BCUT2D eigenvalue weighted by Gasteiger charge is 2.17. The molecule has 0 saturated heterocycles. The van der Waals surface area contributed by atoms with Crippen LogP contribution in [0.5, 0.6) is 0 Å². The highest BCUT2D eigenvalue weighted by Crippen LogP contribution is 2.27. The molecule has 4 heteroatoms. The van der Waals surface area contributed by atoms with Crippen LogP contribution in [0.25, 0.3) is 47.0 Å². The van der Waals surface area contributed by atoms with Crippen molar-refractivity contribution < 1.29 is 0 Å². The first kappa shape index (κ1) is 19.9. The zero-order chi connectivity index (χ0) is 22.7. The van der Waals surface area contributed by atoms with Crippen LogP contribution in [-0.4, -0.2) is 18.8 Å². The maximum atomic E-state index is 5.03. The highest BCUT2D eigenvalue weighted by atomic mass is 15.1. The van der Waals surface area contributed by atoms with Gasteiger partial charge in [0.05, 0.1) is 22.4 Å². The van der Waals surface area contributed by atoms with Crippen LogP contribution in [0.4, 0.5) is 0 Å². The third-order valence-corrected chi connectivity index (χ3v) is 5.82. The molecule has 0 atom stereocenters. The molecule has 0 bridgehead atoms. The van der Waals surface area contributed by atoms with E-state index in [0.29, 0.717) is 0 Å². The molecule has 0 aliphatic heterocycles. The minimum absolute atomic E-state index is 0.809. The van der Waals surface area contributed by atoms with Gasteiger partial charge in [0, 0.05) is 12.4 Å². The average Bonchev–Trinajstić information content (AvgIpc) is 3.46. The number of pyridine rings is 2. The van der Waals surface area contributed by atoms with Gasteiger partial charge < -0.3 is 0 Å². The molecular formula is C30H22N4. The van der Waals surface area contributed by atoms with E-state index in [9.17, 15) is 0 Å². The number of nitrogens with zero attached hydrogens (tertiary/aromatic N) is 4. The molecule has 2 aromatic carbocycles. The number of imidazole rings is 2. The first-order valence-electron chi connectivity index (χ1n) is 11.3. The van der Waals surface area contributed by atoms with Crippen LogP contribution in [0.15, 0.2) is 109 Å². The SMILES string of the molecule is C(=C\c1nc(-c2nc(/C=C/c3ccccc3)c3ccccn23)n2ccccc12)/c1ccccc1. The second kappa shape index (κ2) is 8.68. The van der Waals surface area contributed by atoms with Gasteiger partial charge in [-0.25, -0.2) is 9.97 Å². The minimum Gasteiger partial charge on any atom is -0.297 e. The number of rotatable bonds is 5. The van der Waals surface area contributed by atoms with Crippen LogP contribution in [-0.2, 0) is 0 Å².